The number of rotatable bonds is 4. The summed E-state index contributed by atoms with van der Waals surface area (Å²) >= 11 is 0. The van der Waals surface area contributed by atoms with Crippen molar-refractivity contribution in [3.05, 3.63) is 63.2 Å². The van der Waals surface area contributed by atoms with E-state index in [9.17, 15) is 14.9 Å². The first-order valence-corrected chi connectivity index (χ1v) is 6.64. The van der Waals surface area contributed by atoms with Crippen LogP contribution in [-0.4, -0.2) is 17.9 Å². The maximum absolute atomic E-state index is 12.4. The Morgan fingerprint density at radius 1 is 1.18 bits per heavy atom. The Morgan fingerprint density at radius 2 is 1.77 bits per heavy atom. The lowest BCUT2D eigenvalue weighted by Gasteiger charge is -2.13. The van der Waals surface area contributed by atoms with Gasteiger partial charge in [0.2, 0.25) is 0 Å². The molecular formula is C16H16N2O4. The number of methoxy groups -OCH3 is 1. The average Bonchev–Trinajstić information content (AvgIpc) is 2.50. The quantitative estimate of drug-likeness (QED) is 0.692. The third kappa shape index (κ3) is 3.06. The van der Waals surface area contributed by atoms with Gasteiger partial charge >= 0.3 is 0 Å². The van der Waals surface area contributed by atoms with E-state index in [1.807, 2.05) is 0 Å². The molecule has 22 heavy (non-hydrogen) atoms. The van der Waals surface area contributed by atoms with Gasteiger partial charge in [0.15, 0.2) is 0 Å². The van der Waals surface area contributed by atoms with E-state index in [0.717, 1.165) is 0 Å². The molecule has 0 fully saturated rings. The summed E-state index contributed by atoms with van der Waals surface area (Å²) in [6.45, 7) is 3.44. The largest absolute Gasteiger partial charge is 0.496 e. The molecule has 0 aliphatic carbocycles. The molecule has 6 nitrogen and oxygen atoms in total. The van der Waals surface area contributed by atoms with Crippen LogP contribution in [0.5, 0.6) is 5.75 Å². The van der Waals surface area contributed by atoms with Crippen LogP contribution in [0.25, 0.3) is 0 Å². The fourth-order valence-corrected chi connectivity index (χ4v) is 2.26. The molecule has 1 amide bonds. The minimum absolute atomic E-state index is 0.00490. The number of nitrogens with one attached hydrogen (secondary N) is 1. The summed E-state index contributed by atoms with van der Waals surface area (Å²) < 4.78 is 5.17. The third-order valence-electron chi connectivity index (χ3n) is 3.32. The number of carbonyl (C=O) groups excluding carboxylic acids is 1. The van der Waals surface area contributed by atoms with E-state index < -0.39 is 4.92 Å². The van der Waals surface area contributed by atoms with Crippen molar-refractivity contribution in [3.8, 4) is 5.75 Å². The molecule has 2 aromatic rings. The third-order valence-corrected chi connectivity index (χ3v) is 3.32. The SMILES string of the molecule is COc1ccccc1C(=O)Nc1c(C)cc([N+](=O)[O-])cc1C. The average molecular weight is 300 g/mol. The van der Waals surface area contributed by atoms with Crippen LogP contribution < -0.4 is 10.1 Å². The summed E-state index contributed by atoms with van der Waals surface area (Å²) in [7, 11) is 1.49. The van der Waals surface area contributed by atoms with E-state index in [0.29, 0.717) is 28.1 Å². The first-order valence-electron chi connectivity index (χ1n) is 6.64. The van der Waals surface area contributed by atoms with Crippen molar-refractivity contribution in [2.75, 3.05) is 12.4 Å². The number of nitrogens with zero attached hydrogens (tertiary/aromatic N) is 1. The lowest BCUT2D eigenvalue weighted by Crippen LogP contribution is -2.15. The van der Waals surface area contributed by atoms with Crippen molar-refractivity contribution in [2.45, 2.75) is 13.8 Å². The molecule has 0 atom stereocenters. The van der Waals surface area contributed by atoms with Crippen LogP contribution in [-0.2, 0) is 0 Å². The van der Waals surface area contributed by atoms with Crippen LogP contribution in [0.4, 0.5) is 11.4 Å². The maximum Gasteiger partial charge on any atom is 0.270 e. The number of anilines is 1. The zero-order valence-electron chi connectivity index (χ0n) is 12.5. The van der Waals surface area contributed by atoms with Crippen molar-refractivity contribution in [2.24, 2.45) is 0 Å². The van der Waals surface area contributed by atoms with Gasteiger partial charge in [0.1, 0.15) is 5.75 Å². The fourth-order valence-electron chi connectivity index (χ4n) is 2.26. The van der Waals surface area contributed by atoms with Crippen LogP contribution in [0.15, 0.2) is 36.4 Å². The van der Waals surface area contributed by atoms with E-state index in [1.165, 1.54) is 19.2 Å². The number of hydrogen-bond acceptors (Lipinski definition) is 4. The number of nitro benzene ring substituents is 1. The molecule has 0 saturated carbocycles. The van der Waals surface area contributed by atoms with Crippen molar-refractivity contribution in [1.82, 2.24) is 0 Å². The molecule has 6 heteroatoms. The molecule has 0 spiro atoms. The van der Waals surface area contributed by atoms with Gasteiger partial charge in [-0.3, -0.25) is 14.9 Å². The number of nitro groups is 1. The van der Waals surface area contributed by atoms with E-state index in [-0.39, 0.29) is 11.6 Å². The highest BCUT2D eigenvalue weighted by Crippen LogP contribution is 2.27. The van der Waals surface area contributed by atoms with E-state index >= 15 is 0 Å². The molecule has 0 aliphatic heterocycles. The first kappa shape index (κ1) is 15.5. The highest BCUT2D eigenvalue weighted by atomic mass is 16.6. The fraction of sp³-hybridized carbons (Fsp3) is 0.188. The Hall–Kier alpha value is -2.89. The van der Waals surface area contributed by atoms with Gasteiger partial charge in [0, 0.05) is 17.8 Å². The van der Waals surface area contributed by atoms with Crippen LogP contribution >= 0.6 is 0 Å². The predicted octanol–water partition coefficient (Wildman–Crippen LogP) is 3.47. The molecule has 1 N–H and O–H groups in total. The van der Waals surface area contributed by atoms with Crippen molar-refractivity contribution in [3.63, 3.8) is 0 Å². The van der Waals surface area contributed by atoms with E-state index in [4.69, 9.17) is 4.74 Å². The Kier molecular flexibility index (Phi) is 4.41. The molecule has 0 aliphatic rings. The smallest absolute Gasteiger partial charge is 0.270 e. The number of hydrogen-bond donors (Lipinski definition) is 1. The summed E-state index contributed by atoms with van der Waals surface area (Å²) in [6, 6.07) is 9.75. The minimum Gasteiger partial charge on any atom is -0.496 e. The van der Waals surface area contributed by atoms with Crippen LogP contribution in [0.1, 0.15) is 21.5 Å². The summed E-state index contributed by atoms with van der Waals surface area (Å²) in [5.74, 6) is 0.148. The highest BCUT2D eigenvalue weighted by molar-refractivity contribution is 6.07. The second kappa shape index (κ2) is 6.26. The van der Waals surface area contributed by atoms with Crippen molar-refractivity contribution in [1.29, 1.82) is 0 Å². The van der Waals surface area contributed by atoms with Crippen molar-refractivity contribution >= 4 is 17.3 Å². The van der Waals surface area contributed by atoms with Crippen LogP contribution in [0.3, 0.4) is 0 Å². The number of para-hydroxylation sites is 1. The molecule has 0 unspecified atom stereocenters. The number of amides is 1. The number of benzene rings is 2. The van der Waals surface area contributed by atoms with E-state index in [1.54, 1.807) is 38.1 Å². The zero-order valence-corrected chi connectivity index (χ0v) is 12.5. The molecule has 2 rings (SSSR count). The standard InChI is InChI=1S/C16H16N2O4/c1-10-8-12(18(20)21)9-11(2)15(10)17-16(19)13-6-4-5-7-14(13)22-3/h4-9H,1-3H3,(H,17,19). The van der Waals surface area contributed by atoms with Gasteiger partial charge in [-0.05, 0) is 37.1 Å². The Labute approximate surface area is 127 Å². The monoisotopic (exact) mass is 300 g/mol. The lowest BCUT2D eigenvalue weighted by atomic mass is 10.1. The number of aryl methyl sites for hydroxylation is 2. The zero-order chi connectivity index (χ0) is 16.3. The predicted molar refractivity (Wildman–Crippen MR) is 83.5 cm³/mol. The lowest BCUT2D eigenvalue weighted by molar-refractivity contribution is -0.384. The van der Waals surface area contributed by atoms with Crippen LogP contribution in [0, 0.1) is 24.0 Å². The van der Waals surface area contributed by atoms with Gasteiger partial charge in [-0.1, -0.05) is 12.1 Å². The minimum atomic E-state index is -0.453. The van der Waals surface area contributed by atoms with Gasteiger partial charge in [-0.25, -0.2) is 0 Å². The second-order valence-electron chi connectivity index (χ2n) is 4.87. The Balaban J connectivity index is 2.35. The molecule has 2 aromatic carbocycles. The van der Waals surface area contributed by atoms with Gasteiger partial charge in [-0.15, -0.1) is 0 Å². The van der Waals surface area contributed by atoms with Gasteiger partial charge < -0.3 is 10.1 Å². The summed E-state index contributed by atoms with van der Waals surface area (Å²) in [4.78, 5) is 22.8. The second-order valence-corrected chi connectivity index (χ2v) is 4.87. The summed E-state index contributed by atoms with van der Waals surface area (Å²) in [6.07, 6.45) is 0. The Bertz CT molecular complexity index is 718. The van der Waals surface area contributed by atoms with Crippen molar-refractivity contribution < 1.29 is 14.5 Å². The maximum atomic E-state index is 12.4. The molecule has 0 heterocycles. The topological polar surface area (TPSA) is 81.5 Å². The van der Waals surface area contributed by atoms with Gasteiger partial charge in [0.25, 0.3) is 11.6 Å². The molecule has 0 radical (unpaired) electrons. The van der Waals surface area contributed by atoms with E-state index in [2.05, 4.69) is 5.32 Å². The molecule has 114 valence electrons. The van der Waals surface area contributed by atoms with Gasteiger partial charge in [-0.2, -0.15) is 0 Å². The molecular weight excluding hydrogens is 284 g/mol. The molecule has 0 aromatic heterocycles. The molecule has 0 bridgehead atoms. The number of ether oxygens (including phenoxy) is 1. The summed E-state index contributed by atoms with van der Waals surface area (Å²) in [5, 5.41) is 13.6. The molecule has 0 saturated heterocycles. The van der Waals surface area contributed by atoms with Gasteiger partial charge in [0.05, 0.1) is 17.6 Å². The summed E-state index contributed by atoms with van der Waals surface area (Å²) in [5.41, 5.74) is 2.25. The number of carbonyl (C=O) groups is 1. The Morgan fingerprint density at radius 3 is 2.32 bits per heavy atom. The first-order chi connectivity index (χ1) is 10.4. The number of non-ortho nitro benzene ring substituents is 1. The highest BCUT2D eigenvalue weighted by Gasteiger charge is 2.16. The van der Waals surface area contributed by atoms with Crippen LogP contribution in [0.2, 0.25) is 0 Å². The normalized spacial score (nSPS) is 10.1.